The molecule has 4 nitrogen and oxygen atoms in total. The number of amides is 1. The maximum Gasteiger partial charge on any atom is 0.266 e. The van der Waals surface area contributed by atoms with Crippen molar-refractivity contribution in [2.24, 2.45) is 7.05 Å². The van der Waals surface area contributed by atoms with Gasteiger partial charge in [-0.05, 0) is 22.9 Å². The molecule has 0 saturated carbocycles. The van der Waals surface area contributed by atoms with Crippen LogP contribution in [0.25, 0.3) is 0 Å². The fourth-order valence-corrected chi connectivity index (χ4v) is 2.58. The molecule has 2 rings (SSSR count). The van der Waals surface area contributed by atoms with Gasteiger partial charge in [0.15, 0.2) is 0 Å². The largest absolute Gasteiger partial charge is 0.319 e. The van der Waals surface area contributed by atoms with E-state index >= 15 is 0 Å². The summed E-state index contributed by atoms with van der Waals surface area (Å²) in [6, 6.07) is 2.01. The monoisotopic (exact) mass is 249 g/mol. The van der Waals surface area contributed by atoms with Gasteiger partial charge in [0.2, 0.25) is 0 Å². The molecule has 0 spiro atoms. The van der Waals surface area contributed by atoms with Crippen molar-refractivity contribution in [1.29, 1.82) is 0 Å². The first kappa shape index (κ1) is 11.9. The summed E-state index contributed by atoms with van der Waals surface area (Å²) in [6.45, 7) is 4.17. The molecule has 1 amide bonds. The molecule has 0 aromatic carbocycles. The molecule has 17 heavy (non-hydrogen) atoms. The van der Waals surface area contributed by atoms with Crippen molar-refractivity contribution in [2.45, 2.75) is 19.8 Å². The van der Waals surface area contributed by atoms with Crippen molar-refractivity contribution < 1.29 is 4.79 Å². The minimum Gasteiger partial charge on any atom is -0.319 e. The van der Waals surface area contributed by atoms with Gasteiger partial charge in [0.1, 0.15) is 0 Å². The van der Waals surface area contributed by atoms with Gasteiger partial charge in [0.05, 0.1) is 16.8 Å². The molecule has 0 radical (unpaired) electrons. The number of carbonyl (C=O) groups excluding carboxylic acids is 1. The molecule has 1 N–H and O–H groups in total. The number of aromatic nitrogens is 2. The number of carbonyl (C=O) groups is 1. The summed E-state index contributed by atoms with van der Waals surface area (Å²) >= 11 is 1.47. The lowest BCUT2D eigenvalue weighted by Gasteiger charge is -2.06. The molecule has 2 aromatic rings. The third-order valence-corrected chi connectivity index (χ3v) is 3.42. The maximum absolute atomic E-state index is 12.1. The number of anilines is 1. The number of thiophene rings is 1. The second kappa shape index (κ2) is 4.71. The van der Waals surface area contributed by atoms with Crippen LogP contribution in [0, 0.1) is 0 Å². The predicted octanol–water partition coefficient (Wildman–Crippen LogP) is 2.86. The van der Waals surface area contributed by atoms with Crippen LogP contribution in [0.15, 0.2) is 23.8 Å². The van der Waals surface area contributed by atoms with Crippen LogP contribution in [0.5, 0.6) is 0 Å². The Morgan fingerprint density at radius 3 is 2.88 bits per heavy atom. The zero-order valence-corrected chi connectivity index (χ0v) is 10.9. The summed E-state index contributed by atoms with van der Waals surface area (Å²) in [5.41, 5.74) is 1.82. The zero-order valence-electron chi connectivity index (χ0n) is 10.1. The Hall–Kier alpha value is -1.62. The lowest BCUT2D eigenvalue weighted by atomic mass is 10.0. The Morgan fingerprint density at radius 2 is 2.29 bits per heavy atom. The molecule has 0 aliphatic rings. The smallest absolute Gasteiger partial charge is 0.266 e. The van der Waals surface area contributed by atoms with E-state index in [1.54, 1.807) is 17.1 Å². The molecule has 5 heteroatoms. The van der Waals surface area contributed by atoms with Crippen LogP contribution < -0.4 is 5.32 Å². The van der Waals surface area contributed by atoms with Gasteiger partial charge < -0.3 is 5.32 Å². The molecule has 0 unspecified atom stereocenters. The fraction of sp³-hybridized carbons (Fsp3) is 0.333. The first-order valence-corrected chi connectivity index (χ1v) is 6.33. The van der Waals surface area contributed by atoms with E-state index in [2.05, 4.69) is 24.3 Å². The molecular formula is C12H15N3OS. The van der Waals surface area contributed by atoms with Crippen LogP contribution in [0.2, 0.25) is 0 Å². The summed E-state index contributed by atoms with van der Waals surface area (Å²) in [5, 5.41) is 8.81. The van der Waals surface area contributed by atoms with Crippen LogP contribution in [-0.2, 0) is 7.05 Å². The van der Waals surface area contributed by atoms with Crippen molar-refractivity contribution in [3.05, 3.63) is 34.3 Å². The van der Waals surface area contributed by atoms with Crippen LogP contribution in [-0.4, -0.2) is 15.7 Å². The van der Waals surface area contributed by atoms with E-state index in [1.807, 2.05) is 18.5 Å². The third-order valence-electron chi connectivity index (χ3n) is 2.49. The zero-order chi connectivity index (χ0) is 12.4. The van der Waals surface area contributed by atoms with Crippen molar-refractivity contribution in [3.8, 4) is 0 Å². The molecule has 0 saturated heterocycles. The topological polar surface area (TPSA) is 46.9 Å². The molecule has 0 fully saturated rings. The molecule has 0 atom stereocenters. The summed E-state index contributed by atoms with van der Waals surface area (Å²) in [4.78, 5) is 12.9. The minimum atomic E-state index is -0.0586. The van der Waals surface area contributed by atoms with Gasteiger partial charge in [-0.25, -0.2) is 0 Å². The van der Waals surface area contributed by atoms with E-state index in [0.29, 0.717) is 5.92 Å². The molecule has 0 bridgehead atoms. The lowest BCUT2D eigenvalue weighted by Crippen LogP contribution is -2.12. The summed E-state index contributed by atoms with van der Waals surface area (Å²) in [7, 11) is 1.82. The Balaban J connectivity index is 2.17. The van der Waals surface area contributed by atoms with E-state index in [0.717, 1.165) is 16.1 Å². The predicted molar refractivity (Wildman–Crippen MR) is 69.6 cm³/mol. The highest BCUT2D eigenvalue weighted by atomic mass is 32.1. The van der Waals surface area contributed by atoms with Crippen molar-refractivity contribution in [1.82, 2.24) is 9.78 Å². The molecule has 0 aliphatic heterocycles. The Kier molecular flexibility index (Phi) is 3.28. The molecular weight excluding hydrogens is 234 g/mol. The van der Waals surface area contributed by atoms with Crippen molar-refractivity contribution >= 4 is 22.9 Å². The summed E-state index contributed by atoms with van der Waals surface area (Å²) < 4.78 is 1.66. The molecule has 2 heterocycles. The first-order chi connectivity index (χ1) is 8.08. The number of nitrogens with one attached hydrogen (secondary N) is 1. The van der Waals surface area contributed by atoms with E-state index < -0.39 is 0 Å². The number of rotatable bonds is 3. The van der Waals surface area contributed by atoms with E-state index in [-0.39, 0.29) is 5.91 Å². The van der Waals surface area contributed by atoms with E-state index in [4.69, 9.17) is 0 Å². The summed E-state index contributed by atoms with van der Waals surface area (Å²) in [6.07, 6.45) is 3.42. The van der Waals surface area contributed by atoms with Gasteiger partial charge in [-0.3, -0.25) is 9.48 Å². The van der Waals surface area contributed by atoms with Crippen LogP contribution in [0.4, 0.5) is 5.69 Å². The highest BCUT2D eigenvalue weighted by Crippen LogP contribution is 2.25. The Labute approximate surface area is 104 Å². The summed E-state index contributed by atoms with van der Waals surface area (Å²) in [5.74, 6) is 0.299. The van der Waals surface area contributed by atoms with Crippen LogP contribution in [0.3, 0.4) is 0 Å². The highest BCUT2D eigenvalue weighted by Gasteiger charge is 2.15. The van der Waals surface area contributed by atoms with Gasteiger partial charge in [-0.2, -0.15) is 5.10 Å². The van der Waals surface area contributed by atoms with Crippen molar-refractivity contribution in [2.75, 3.05) is 5.32 Å². The van der Waals surface area contributed by atoms with Gasteiger partial charge in [-0.15, -0.1) is 11.3 Å². The van der Waals surface area contributed by atoms with Crippen molar-refractivity contribution in [3.63, 3.8) is 0 Å². The highest BCUT2D eigenvalue weighted by molar-refractivity contribution is 7.12. The average molecular weight is 249 g/mol. The standard InChI is InChI=1S/C12H15N3OS/c1-8(2)10-4-5-17-11(10)12(16)14-9-6-13-15(3)7-9/h4-8H,1-3H3,(H,14,16). The normalized spacial score (nSPS) is 10.8. The van der Waals surface area contributed by atoms with Gasteiger partial charge in [0, 0.05) is 13.2 Å². The quantitative estimate of drug-likeness (QED) is 0.909. The maximum atomic E-state index is 12.1. The number of hydrogen-bond donors (Lipinski definition) is 1. The van der Waals surface area contributed by atoms with E-state index in [9.17, 15) is 4.79 Å². The Morgan fingerprint density at radius 1 is 1.53 bits per heavy atom. The SMILES string of the molecule is CC(C)c1ccsc1C(=O)Nc1cnn(C)c1. The van der Waals surface area contributed by atoms with Gasteiger partial charge in [0.25, 0.3) is 5.91 Å². The second-order valence-electron chi connectivity index (χ2n) is 4.22. The molecule has 2 aromatic heterocycles. The number of hydrogen-bond acceptors (Lipinski definition) is 3. The number of nitrogens with zero attached hydrogens (tertiary/aromatic N) is 2. The number of aryl methyl sites for hydroxylation is 1. The third kappa shape index (κ3) is 2.55. The van der Waals surface area contributed by atoms with Gasteiger partial charge in [-0.1, -0.05) is 13.8 Å². The second-order valence-corrected chi connectivity index (χ2v) is 5.13. The lowest BCUT2D eigenvalue weighted by molar-refractivity contribution is 0.102. The van der Waals surface area contributed by atoms with Gasteiger partial charge >= 0.3 is 0 Å². The molecule has 0 aliphatic carbocycles. The van der Waals surface area contributed by atoms with Crippen LogP contribution >= 0.6 is 11.3 Å². The average Bonchev–Trinajstić information content (AvgIpc) is 2.86. The Bertz CT molecular complexity index is 527. The minimum absolute atomic E-state index is 0.0586. The van der Waals surface area contributed by atoms with E-state index in [1.165, 1.54) is 11.3 Å². The fourth-order valence-electron chi connectivity index (χ4n) is 1.63. The van der Waals surface area contributed by atoms with Crippen LogP contribution in [0.1, 0.15) is 35.0 Å². The first-order valence-electron chi connectivity index (χ1n) is 5.45. The molecule has 90 valence electrons.